The molecule has 0 aliphatic heterocycles. The quantitative estimate of drug-likeness (QED) is 0.208. The summed E-state index contributed by atoms with van der Waals surface area (Å²) in [5.41, 5.74) is 1.29. The molecule has 0 saturated heterocycles. The second kappa shape index (κ2) is 12.6. The van der Waals surface area contributed by atoms with E-state index in [9.17, 15) is 4.79 Å². The summed E-state index contributed by atoms with van der Waals surface area (Å²) >= 11 is 0. The van der Waals surface area contributed by atoms with Crippen LogP contribution in [0.2, 0.25) is 0 Å². The molecular formula is C27H44O3. The Hall–Kier alpha value is -1.19. The van der Waals surface area contributed by atoms with E-state index in [1.807, 2.05) is 0 Å². The molecule has 1 aliphatic carbocycles. The van der Waals surface area contributed by atoms with Crippen LogP contribution in [0.4, 0.5) is 0 Å². The first-order chi connectivity index (χ1) is 14.5. The van der Waals surface area contributed by atoms with Gasteiger partial charge in [-0.25, -0.2) is 0 Å². The highest BCUT2D eigenvalue weighted by Crippen LogP contribution is 2.47. The van der Waals surface area contributed by atoms with Crippen LogP contribution < -0.4 is 0 Å². The standard InChI is InChI=1S/C27H44O3/c1-5-8-9-10-11-13-18-24(19-20-26(4)21-25(28)22-26)27(29-6-2,30-7-3)23-16-14-12-15-17-23/h12,14-17,24H,5-11,13,18-22H2,1-4H3. The molecule has 0 heterocycles. The fourth-order valence-electron chi connectivity index (χ4n) is 5.07. The number of ketones is 1. The number of hydrogen-bond acceptors (Lipinski definition) is 3. The van der Waals surface area contributed by atoms with Gasteiger partial charge in [-0.3, -0.25) is 4.79 Å². The van der Waals surface area contributed by atoms with Crippen molar-refractivity contribution in [3.63, 3.8) is 0 Å². The van der Waals surface area contributed by atoms with Gasteiger partial charge in [-0.1, -0.05) is 82.7 Å². The van der Waals surface area contributed by atoms with Gasteiger partial charge in [-0.2, -0.15) is 0 Å². The van der Waals surface area contributed by atoms with E-state index in [-0.39, 0.29) is 5.41 Å². The fourth-order valence-corrected chi connectivity index (χ4v) is 5.07. The van der Waals surface area contributed by atoms with Gasteiger partial charge in [0.2, 0.25) is 0 Å². The maximum atomic E-state index is 11.6. The van der Waals surface area contributed by atoms with Gasteiger partial charge in [0, 0.05) is 37.5 Å². The third-order valence-corrected chi connectivity index (χ3v) is 6.68. The fraction of sp³-hybridized carbons (Fsp3) is 0.741. The maximum Gasteiger partial charge on any atom is 0.197 e. The highest BCUT2D eigenvalue weighted by atomic mass is 16.7. The molecular weight excluding hydrogens is 372 g/mol. The Morgan fingerprint density at radius 2 is 1.50 bits per heavy atom. The molecule has 3 heteroatoms. The van der Waals surface area contributed by atoms with Crippen molar-refractivity contribution in [1.29, 1.82) is 0 Å². The minimum absolute atomic E-state index is 0.164. The van der Waals surface area contributed by atoms with E-state index in [0.717, 1.165) is 37.7 Å². The summed E-state index contributed by atoms with van der Waals surface area (Å²) in [5, 5.41) is 0. The van der Waals surface area contributed by atoms with Crippen LogP contribution in [0, 0.1) is 11.3 Å². The van der Waals surface area contributed by atoms with Crippen molar-refractivity contribution < 1.29 is 14.3 Å². The molecule has 0 N–H and O–H groups in total. The van der Waals surface area contributed by atoms with Crippen LogP contribution in [-0.4, -0.2) is 19.0 Å². The van der Waals surface area contributed by atoms with Gasteiger partial charge in [0.05, 0.1) is 0 Å². The summed E-state index contributed by atoms with van der Waals surface area (Å²) in [5.74, 6) is 0.00517. The predicted molar refractivity (Wildman–Crippen MR) is 124 cm³/mol. The maximum absolute atomic E-state index is 11.6. The topological polar surface area (TPSA) is 35.5 Å². The molecule has 0 radical (unpaired) electrons. The molecule has 0 aromatic heterocycles. The summed E-state index contributed by atoms with van der Waals surface area (Å²) in [4.78, 5) is 11.6. The van der Waals surface area contributed by atoms with Gasteiger partial charge in [0.25, 0.3) is 0 Å². The van der Waals surface area contributed by atoms with Crippen molar-refractivity contribution in [2.24, 2.45) is 11.3 Å². The molecule has 1 fully saturated rings. The first-order valence-electron chi connectivity index (χ1n) is 12.3. The van der Waals surface area contributed by atoms with Gasteiger partial charge in [0.1, 0.15) is 5.78 Å². The highest BCUT2D eigenvalue weighted by Gasteiger charge is 2.45. The molecule has 30 heavy (non-hydrogen) atoms. The van der Waals surface area contributed by atoms with E-state index in [4.69, 9.17) is 9.47 Å². The molecule has 1 atom stereocenters. The lowest BCUT2D eigenvalue weighted by molar-refractivity contribution is -0.277. The van der Waals surface area contributed by atoms with Crippen molar-refractivity contribution in [3.05, 3.63) is 35.9 Å². The van der Waals surface area contributed by atoms with E-state index in [1.165, 1.54) is 38.5 Å². The number of carbonyl (C=O) groups is 1. The Balaban J connectivity index is 2.18. The smallest absolute Gasteiger partial charge is 0.197 e. The van der Waals surface area contributed by atoms with Gasteiger partial charge < -0.3 is 9.47 Å². The van der Waals surface area contributed by atoms with E-state index in [0.29, 0.717) is 24.9 Å². The third-order valence-electron chi connectivity index (χ3n) is 6.68. The number of carbonyl (C=O) groups excluding carboxylic acids is 1. The zero-order valence-electron chi connectivity index (χ0n) is 19.9. The molecule has 1 saturated carbocycles. The lowest BCUT2D eigenvalue weighted by Gasteiger charge is -2.43. The Morgan fingerprint density at radius 1 is 0.900 bits per heavy atom. The van der Waals surface area contributed by atoms with Gasteiger partial charge >= 0.3 is 0 Å². The van der Waals surface area contributed by atoms with E-state index in [2.05, 4.69) is 58.0 Å². The van der Waals surface area contributed by atoms with Crippen molar-refractivity contribution in [2.45, 2.75) is 104 Å². The Labute approximate surface area is 184 Å². The molecule has 1 aliphatic rings. The van der Waals surface area contributed by atoms with E-state index in [1.54, 1.807) is 0 Å². The molecule has 0 amide bonds. The van der Waals surface area contributed by atoms with Crippen LogP contribution in [0.1, 0.15) is 104 Å². The van der Waals surface area contributed by atoms with Crippen molar-refractivity contribution in [1.82, 2.24) is 0 Å². The highest BCUT2D eigenvalue weighted by molar-refractivity contribution is 5.85. The molecule has 0 spiro atoms. The Kier molecular flexibility index (Phi) is 10.5. The van der Waals surface area contributed by atoms with Crippen LogP contribution >= 0.6 is 0 Å². The second-order valence-electron chi connectivity index (χ2n) is 9.39. The summed E-state index contributed by atoms with van der Waals surface area (Å²) in [7, 11) is 0. The third kappa shape index (κ3) is 6.92. The number of unbranched alkanes of at least 4 members (excludes halogenated alkanes) is 5. The largest absolute Gasteiger partial charge is 0.346 e. The number of Topliss-reactive ketones (excluding diaryl/α,β-unsaturated/α-hetero) is 1. The molecule has 0 bridgehead atoms. The number of ether oxygens (including phenoxy) is 2. The van der Waals surface area contributed by atoms with Crippen LogP contribution in [0.15, 0.2) is 30.3 Å². The van der Waals surface area contributed by atoms with E-state index >= 15 is 0 Å². The normalized spacial score (nSPS) is 17.0. The first kappa shape index (κ1) is 25.1. The van der Waals surface area contributed by atoms with Crippen molar-refractivity contribution in [3.8, 4) is 0 Å². The van der Waals surface area contributed by atoms with Gasteiger partial charge in [-0.05, 0) is 38.5 Å². The molecule has 1 aromatic rings. The minimum atomic E-state index is -0.696. The summed E-state index contributed by atoms with van der Waals surface area (Å²) < 4.78 is 12.9. The number of rotatable bonds is 16. The minimum Gasteiger partial charge on any atom is -0.346 e. The zero-order valence-corrected chi connectivity index (χ0v) is 19.9. The lowest BCUT2D eigenvalue weighted by atomic mass is 9.65. The molecule has 1 unspecified atom stereocenters. The average molecular weight is 417 g/mol. The van der Waals surface area contributed by atoms with Gasteiger partial charge in [0.15, 0.2) is 5.79 Å². The predicted octanol–water partition coefficient (Wildman–Crippen LogP) is 7.43. The van der Waals surface area contributed by atoms with E-state index < -0.39 is 5.79 Å². The molecule has 1 aromatic carbocycles. The lowest BCUT2D eigenvalue weighted by Crippen LogP contribution is -2.43. The summed E-state index contributed by atoms with van der Waals surface area (Å²) in [6, 6.07) is 10.5. The molecule has 170 valence electrons. The second-order valence-corrected chi connectivity index (χ2v) is 9.39. The molecule has 2 rings (SSSR count). The monoisotopic (exact) mass is 416 g/mol. The number of benzene rings is 1. The van der Waals surface area contributed by atoms with Gasteiger partial charge in [-0.15, -0.1) is 0 Å². The average Bonchev–Trinajstić information content (AvgIpc) is 2.72. The van der Waals surface area contributed by atoms with Crippen LogP contribution in [-0.2, 0) is 20.1 Å². The van der Waals surface area contributed by atoms with Crippen LogP contribution in [0.5, 0.6) is 0 Å². The Bertz CT molecular complexity index is 596. The first-order valence-corrected chi connectivity index (χ1v) is 12.3. The van der Waals surface area contributed by atoms with Crippen molar-refractivity contribution >= 4 is 5.78 Å². The SMILES string of the molecule is CCCCCCCCC(CCC1(C)CC(=O)C1)C(OCC)(OCC)c1ccccc1. The van der Waals surface area contributed by atoms with Crippen LogP contribution in [0.3, 0.4) is 0 Å². The zero-order chi connectivity index (χ0) is 21.9. The van der Waals surface area contributed by atoms with Crippen molar-refractivity contribution in [2.75, 3.05) is 13.2 Å². The summed E-state index contributed by atoms with van der Waals surface area (Å²) in [6.07, 6.45) is 12.4. The summed E-state index contributed by atoms with van der Waals surface area (Å²) in [6.45, 7) is 9.89. The van der Waals surface area contributed by atoms with Crippen LogP contribution in [0.25, 0.3) is 0 Å². The Morgan fingerprint density at radius 3 is 2.07 bits per heavy atom. The molecule has 3 nitrogen and oxygen atoms in total. The number of hydrogen-bond donors (Lipinski definition) is 0.